The van der Waals surface area contributed by atoms with Crippen LogP contribution in [0.5, 0.6) is 0 Å². The van der Waals surface area contributed by atoms with Gasteiger partial charge in [0.15, 0.2) is 5.78 Å². The number of benzene rings is 1. The lowest BCUT2D eigenvalue weighted by Crippen LogP contribution is -2.51. The van der Waals surface area contributed by atoms with Gasteiger partial charge in [-0.05, 0) is 38.1 Å². The Labute approximate surface area is 113 Å². The number of nitrogens with two attached hydrogens (primary N) is 1. The van der Waals surface area contributed by atoms with E-state index in [1.165, 1.54) is 0 Å². The van der Waals surface area contributed by atoms with E-state index in [2.05, 4.69) is 4.98 Å². The largest absolute Gasteiger partial charge is 0.325 e. The van der Waals surface area contributed by atoms with E-state index in [9.17, 15) is 4.79 Å². The Morgan fingerprint density at radius 3 is 2.47 bits per heavy atom. The molecule has 0 aliphatic rings. The first-order valence-electron chi connectivity index (χ1n) is 6.42. The molecule has 0 aliphatic carbocycles. The maximum absolute atomic E-state index is 12.7. The van der Waals surface area contributed by atoms with Gasteiger partial charge in [-0.2, -0.15) is 0 Å². The van der Waals surface area contributed by atoms with Crippen LogP contribution in [-0.4, -0.2) is 16.3 Å². The molecule has 1 aromatic carbocycles. The number of nitrogens with zero attached hydrogens (tertiary/aromatic N) is 1. The summed E-state index contributed by atoms with van der Waals surface area (Å²) in [6, 6.07) is 9.42. The summed E-state index contributed by atoms with van der Waals surface area (Å²) in [5.74, 6) is 0.0609. The van der Waals surface area contributed by atoms with Crippen molar-refractivity contribution in [2.45, 2.75) is 33.2 Å². The van der Waals surface area contributed by atoms with Crippen LogP contribution in [-0.2, 0) is 0 Å². The molecule has 0 saturated carbocycles. The molecule has 19 heavy (non-hydrogen) atoms. The molecule has 0 atom stereocenters. The summed E-state index contributed by atoms with van der Waals surface area (Å²) >= 11 is 0. The second-order valence-corrected chi connectivity index (χ2v) is 6.09. The van der Waals surface area contributed by atoms with Gasteiger partial charge in [-0.1, -0.05) is 19.9 Å². The highest BCUT2D eigenvalue weighted by molar-refractivity contribution is 6.03. The molecule has 2 N–H and O–H groups in total. The lowest BCUT2D eigenvalue weighted by Gasteiger charge is -2.37. The van der Waals surface area contributed by atoms with Crippen LogP contribution in [0.3, 0.4) is 0 Å². The molecule has 3 heteroatoms. The average molecular weight is 256 g/mol. The molecular weight excluding hydrogens is 236 g/mol. The summed E-state index contributed by atoms with van der Waals surface area (Å²) in [5, 5.41) is 0.971. The van der Waals surface area contributed by atoms with Crippen LogP contribution in [0.15, 0.2) is 36.5 Å². The lowest BCUT2D eigenvalue weighted by atomic mass is 9.70. The number of aromatic nitrogens is 1. The van der Waals surface area contributed by atoms with Crippen molar-refractivity contribution >= 4 is 16.7 Å². The van der Waals surface area contributed by atoms with Crippen molar-refractivity contribution in [1.29, 1.82) is 0 Å². The van der Waals surface area contributed by atoms with E-state index in [0.29, 0.717) is 5.56 Å². The van der Waals surface area contributed by atoms with Crippen LogP contribution in [0, 0.1) is 5.41 Å². The van der Waals surface area contributed by atoms with Crippen LogP contribution in [0.2, 0.25) is 0 Å². The Hall–Kier alpha value is -1.74. The number of carbonyl (C=O) groups excluding carboxylic acids is 1. The molecule has 0 spiro atoms. The normalized spacial score (nSPS) is 12.7. The third kappa shape index (κ3) is 2.38. The molecule has 100 valence electrons. The van der Waals surface area contributed by atoms with E-state index >= 15 is 0 Å². The predicted molar refractivity (Wildman–Crippen MR) is 78.1 cm³/mol. The Bertz CT molecular complexity index is 624. The quantitative estimate of drug-likeness (QED) is 0.858. The highest BCUT2D eigenvalue weighted by Crippen LogP contribution is 2.32. The fourth-order valence-corrected chi connectivity index (χ4v) is 1.87. The lowest BCUT2D eigenvalue weighted by molar-refractivity contribution is 0.0735. The van der Waals surface area contributed by atoms with Crippen LogP contribution >= 0.6 is 0 Å². The van der Waals surface area contributed by atoms with Crippen molar-refractivity contribution < 1.29 is 4.79 Å². The zero-order valence-corrected chi connectivity index (χ0v) is 11.9. The number of hydrogen-bond donors (Lipinski definition) is 1. The average Bonchev–Trinajstić information content (AvgIpc) is 2.36. The van der Waals surface area contributed by atoms with Crippen molar-refractivity contribution in [2.75, 3.05) is 0 Å². The fraction of sp³-hybridized carbons (Fsp3) is 0.375. The summed E-state index contributed by atoms with van der Waals surface area (Å²) < 4.78 is 0. The summed E-state index contributed by atoms with van der Waals surface area (Å²) in [5.41, 5.74) is 6.51. The third-order valence-electron chi connectivity index (χ3n) is 4.04. The molecule has 0 unspecified atom stereocenters. The predicted octanol–water partition coefficient (Wildman–Crippen LogP) is 3.18. The molecule has 1 heterocycles. The van der Waals surface area contributed by atoms with Gasteiger partial charge in [0.2, 0.25) is 0 Å². The van der Waals surface area contributed by atoms with E-state index in [1.807, 2.05) is 58.0 Å². The molecule has 0 saturated heterocycles. The molecule has 2 rings (SSSR count). The van der Waals surface area contributed by atoms with Gasteiger partial charge < -0.3 is 5.73 Å². The molecule has 2 aromatic rings. The summed E-state index contributed by atoms with van der Waals surface area (Å²) in [7, 11) is 0. The van der Waals surface area contributed by atoms with E-state index in [4.69, 9.17) is 5.73 Å². The Kier molecular flexibility index (Phi) is 3.19. The first-order chi connectivity index (χ1) is 8.73. The van der Waals surface area contributed by atoms with Gasteiger partial charge in [0.1, 0.15) is 0 Å². The van der Waals surface area contributed by atoms with Gasteiger partial charge in [-0.15, -0.1) is 0 Å². The monoisotopic (exact) mass is 256 g/mol. The molecule has 0 aliphatic heterocycles. The van der Waals surface area contributed by atoms with Gasteiger partial charge in [-0.3, -0.25) is 9.78 Å². The maximum atomic E-state index is 12.7. The minimum absolute atomic E-state index is 0.0609. The summed E-state index contributed by atoms with van der Waals surface area (Å²) in [6.45, 7) is 7.55. The smallest absolute Gasteiger partial charge is 0.170 e. The van der Waals surface area contributed by atoms with Gasteiger partial charge >= 0.3 is 0 Å². The van der Waals surface area contributed by atoms with Crippen LogP contribution in [0.4, 0.5) is 0 Å². The summed E-state index contributed by atoms with van der Waals surface area (Å²) in [6.07, 6.45) is 1.75. The fourth-order valence-electron chi connectivity index (χ4n) is 1.87. The van der Waals surface area contributed by atoms with E-state index in [-0.39, 0.29) is 5.78 Å². The second-order valence-electron chi connectivity index (χ2n) is 6.09. The molecule has 0 bridgehead atoms. The van der Waals surface area contributed by atoms with Gasteiger partial charge in [0.25, 0.3) is 0 Å². The van der Waals surface area contributed by atoms with Crippen molar-refractivity contribution in [2.24, 2.45) is 11.1 Å². The number of hydrogen-bond acceptors (Lipinski definition) is 3. The topological polar surface area (TPSA) is 56.0 Å². The SMILES string of the molecule is CC(C)(N)C(C)(C)C(=O)c1ccc2ncccc2c1. The molecular formula is C16H20N2O. The van der Waals surface area contributed by atoms with Crippen molar-refractivity contribution in [3.8, 4) is 0 Å². The van der Waals surface area contributed by atoms with Gasteiger partial charge in [0.05, 0.1) is 5.52 Å². The Morgan fingerprint density at radius 2 is 1.84 bits per heavy atom. The third-order valence-corrected chi connectivity index (χ3v) is 4.04. The van der Waals surface area contributed by atoms with Crippen molar-refractivity contribution in [1.82, 2.24) is 4.98 Å². The Balaban J connectivity index is 2.48. The second kappa shape index (κ2) is 4.42. The Morgan fingerprint density at radius 1 is 1.16 bits per heavy atom. The summed E-state index contributed by atoms with van der Waals surface area (Å²) in [4.78, 5) is 16.9. The van der Waals surface area contributed by atoms with Gasteiger partial charge in [0, 0.05) is 28.1 Å². The highest BCUT2D eigenvalue weighted by Gasteiger charge is 2.40. The zero-order chi connectivity index (χ0) is 14.3. The van der Waals surface area contributed by atoms with Crippen LogP contribution in [0.25, 0.3) is 10.9 Å². The van der Waals surface area contributed by atoms with E-state index in [0.717, 1.165) is 10.9 Å². The molecule has 0 radical (unpaired) electrons. The minimum atomic E-state index is -0.622. The first-order valence-corrected chi connectivity index (χ1v) is 6.42. The molecule has 1 aromatic heterocycles. The number of Topliss-reactive ketones (excluding diaryl/α,β-unsaturated/α-hetero) is 1. The number of ketones is 1. The highest BCUT2D eigenvalue weighted by atomic mass is 16.1. The van der Waals surface area contributed by atoms with Crippen molar-refractivity contribution in [3.63, 3.8) is 0 Å². The standard InChI is InChI=1S/C16H20N2O/c1-15(2,16(3,4)17)14(19)12-7-8-13-11(10-12)6-5-9-18-13/h5-10H,17H2,1-4H3. The number of fused-ring (bicyclic) bond motifs is 1. The minimum Gasteiger partial charge on any atom is -0.325 e. The van der Waals surface area contributed by atoms with Crippen LogP contribution < -0.4 is 5.73 Å². The molecule has 3 nitrogen and oxygen atoms in total. The zero-order valence-electron chi connectivity index (χ0n) is 11.9. The van der Waals surface area contributed by atoms with Gasteiger partial charge in [-0.25, -0.2) is 0 Å². The van der Waals surface area contributed by atoms with Crippen molar-refractivity contribution in [3.05, 3.63) is 42.1 Å². The van der Waals surface area contributed by atoms with Crippen LogP contribution in [0.1, 0.15) is 38.1 Å². The number of rotatable bonds is 3. The molecule has 0 fully saturated rings. The molecule has 0 amide bonds. The number of carbonyl (C=O) groups is 1. The van der Waals surface area contributed by atoms with E-state index in [1.54, 1.807) is 6.20 Å². The maximum Gasteiger partial charge on any atom is 0.170 e. The first kappa shape index (κ1) is 13.7. The van der Waals surface area contributed by atoms with E-state index < -0.39 is 11.0 Å². The number of pyridine rings is 1.